The number of nitrogens with one attached hydrogen (secondary N) is 2. The number of anilines is 2. The summed E-state index contributed by atoms with van der Waals surface area (Å²) in [4.78, 5) is 27.1. The molecule has 28 heavy (non-hydrogen) atoms. The van der Waals surface area contributed by atoms with Gasteiger partial charge < -0.3 is 20.3 Å². The van der Waals surface area contributed by atoms with Crippen LogP contribution in [0.5, 0.6) is 0 Å². The Bertz CT molecular complexity index is 606. The smallest absolute Gasteiger partial charge is 0.227 e. The van der Waals surface area contributed by atoms with Crippen LogP contribution in [0.25, 0.3) is 0 Å². The molecule has 2 N–H and O–H groups in total. The fraction of sp³-hybridized carbons (Fsp3) is 0.636. The summed E-state index contributed by atoms with van der Waals surface area (Å²) in [5.41, 5.74) is 2.00. The van der Waals surface area contributed by atoms with Gasteiger partial charge in [0.05, 0.1) is 0 Å². The molecule has 1 fully saturated rings. The maximum Gasteiger partial charge on any atom is 0.227 e. The second kappa shape index (κ2) is 11.7. The second-order valence-electron chi connectivity index (χ2n) is 7.39. The van der Waals surface area contributed by atoms with E-state index in [4.69, 9.17) is 4.74 Å². The summed E-state index contributed by atoms with van der Waals surface area (Å²) in [6.45, 7) is 7.50. The van der Waals surface area contributed by atoms with Crippen LogP contribution in [-0.2, 0) is 14.3 Å². The highest BCUT2D eigenvalue weighted by Gasteiger charge is 2.29. The average molecular weight is 390 g/mol. The van der Waals surface area contributed by atoms with Crippen LogP contribution in [0.4, 0.5) is 11.4 Å². The van der Waals surface area contributed by atoms with E-state index >= 15 is 0 Å². The lowest BCUT2D eigenvalue weighted by Gasteiger charge is -2.27. The van der Waals surface area contributed by atoms with Gasteiger partial charge in [0, 0.05) is 56.6 Å². The number of methoxy groups -OCH3 is 1. The van der Waals surface area contributed by atoms with E-state index in [0.29, 0.717) is 13.2 Å². The first-order chi connectivity index (χ1) is 13.6. The van der Waals surface area contributed by atoms with Crippen LogP contribution in [-0.4, -0.2) is 45.2 Å². The van der Waals surface area contributed by atoms with E-state index in [9.17, 15) is 9.59 Å². The molecule has 1 aromatic rings. The molecule has 0 heterocycles. The van der Waals surface area contributed by atoms with Crippen LogP contribution in [0.2, 0.25) is 0 Å². The standard InChI is InChI=1S/C22H35N3O3/c1-4-25(5-2)20-13-11-19(12-14-20)24-22(27)18-9-7-17(8-10-18)21(26)23-15-6-16-28-3/h11-14,17-18H,4-10,15-16H2,1-3H3,(H,23,26)(H,24,27). The Morgan fingerprint density at radius 3 is 2.11 bits per heavy atom. The molecule has 0 aromatic heterocycles. The Balaban J connectivity index is 1.76. The molecule has 1 aromatic carbocycles. The molecule has 1 aliphatic rings. The summed E-state index contributed by atoms with van der Waals surface area (Å²) >= 11 is 0. The Morgan fingerprint density at radius 2 is 1.57 bits per heavy atom. The highest BCUT2D eigenvalue weighted by molar-refractivity contribution is 5.93. The number of nitrogens with zero attached hydrogens (tertiary/aromatic N) is 1. The first-order valence-electron chi connectivity index (χ1n) is 10.5. The van der Waals surface area contributed by atoms with E-state index in [1.807, 2.05) is 24.3 Å². The number of benzene rings is 1. The fourth-order valence-electron chi connectivity index (χ4n) is 3.78. The highest BCUT2D eigenvalue weighted by Crippen LogP contribution is 2.30. The van der Waals surface area contributed by atoms with Gasteiger partial charge in [0.15, 0.2) is 0 Å². The third-order valence-electron chi connectivity index (χ3n) is 5.56. The molecular formula is C22H35N3O3. The molecule has 2 amide bonds. The number of carbonyl (C=O) groups excluding carboxylic acids is 2. The van der Waals surface area contributed by atoms with Crippen molar-refractivity contribution in [1.82, 2.24) is 5.32 Å². The van der Waals surface area contributed by atoms with Gasteiger partial charge in [0.1, 0.15) is 0 Å². The predicted molar refractivity (Wildman–Crippen MR) is 114 cm³/mol. The number of amides is 2. The van der Waals surface area contributed by atoms with Crippen molar-refractivity contribution in [3.8, 4) is 0 Å². The van der Waals surface area contributed by atoms with E-state index in [-0.39, 0.29) is 23.7 Å². The monoisotopic (exact) mass is 389 g/mol. The number of rotatable bonds is 10. The Hall–Kier alpha value is -2.08. The van der Waals surface area contributed by atoms with Gasteiger partial charge in [-0.25, -0.2) is 0 Å². The zero-order valence-corrected chi connectivity index (χ0v) is 17.5. The molecule has 0 radical (unpaired) electrons. The van der Waals surface area contributed by atoms with Gasteiger partial charge in [-0.2, -0.15) is 0 Å². The molecule has 156 valence electrons. The summed E-state index contributed by atoms with van der Waals surface area (Å²) in [6, 6.07) is 8.02. The first-order valence-corrected chi connectivity index (χ1v) is 10.5. The quantitative estimate of drug-likeness (QED) is 0.602. The van der Waals surface area contributed by atoms with E-state index < -0.39 is 0 Å². The number of carbonyl (C=O) groups is 2. The molecule has 6 heteroatoms. The van der Waals surface area contributed by atoms with Crippen molar-refractivity contribution < 1.29 is 14.3 Å². The minimum Gasteiger partial charge on any atom is -0.385 e. The van der Waals surface area contributed by atoms with Crippen molar-refractivity contribution in [2.75, 3.05) is 43.6 Å². The third-order valence-corrected chi connectivity index (χ3v) is 5.56. The Morgan fingerprint density at radius 1 is 1.00 bits per heavy atom. The molecule has 0 aliphatic heterocycles. The minimum absolute atomic E-state index is 0.0139. The summed E-state index contributed by atoms with van der Waals surface area (Å²) in [6.07, 6.45) is 3.90. The zero-order valence-electron chi connectivity index (χ0n) is 17.5. The molecular weight excluding hydrogens is 354 g/mol. The van der Waals surface area contributed by atoms with Gasteiger partial charge in [-0.15, -0.1) is 0 Å². The minimum atomic E-state index is -0.0139. The van der Waals surface area contributed by atoms with Gasteiger partial charge in [0.25, 0.3) is 0 Å². The van der Waals surface area contributed by atoms with Gasteiger partial charge in [-0.05, 0) is 70.2 Å². The summed E-state index contributed by atoms with van der Waals surface area (Å²) in [5, 5.41) is 6.01. The lowest BCUT2D eigenvalue weighted by Crippen LogP contribution is -2.36. The maximum absolute atomic E-state index is 12.6. The molecule has 0 bridgehead atoms. The number of hydrogen-bond acceptors (Lipinski definition) is 4. The van der Waals surface area contributed by atoms with Crippen molar-refractivity contribution in [1.29, 1.82) is 0 Å². The van der Waals surface area contributed by atoms with Gasteiger partial charge >= 0.3 is 0 Å². The molecule has 2 rings (SSSR count). The van der Waals surface area contributed by atoms with Crippen molar-refractivity contribution in [2.24, 2.45) is 11.8 Å². The van der Waals surface area contributed by atoms with Gasteiger partial charge in [-0.1, -0.05) is 0 Å². The molecule has 0 unspecified atom stereocenters. The van der Waals surface area contributed by atoms with Crippen LogP contribution in [0, 0.1) is 11.8 Å². The lowest BCUT2D eigenvalue weighted by molar-refractivity contribution is -0.128. The fourth-order valence-corrected chi connectivity index (χ4v) is 3.78. The zero-order chi connectivity index (χ0) is 20.4. The Kier molecular flexibility index (Phi) is 9.28. The Labute approximate surface area is 169 Å². The molecule has 6 nitrogen and oxygen atoms in total. The van der Waals surface area contributed by atoms with E-state index in [0.717, 1.165) is 50.9 Å². The first kappa shape index (κ1) is 22.2. The molecule has 1 aliphatic carbocycles. The third kappa shape index (κ3) is 6.51. The number of hydrogen-bond donors (Lipinski definition) is 2. The van der Waals surface area contributed by atoms with Crippen molar-refractivity contribution in [2.45, 2.75) is 46.0 Å². The normalized spacial score (nSPS) is 19.1. The molecule has 0 spiro atoms. The van der Waals surface area contributed by atoms with E-state index in [2.05, 4.69) is 29.4 Å². The molecule has 0 saturated heterocycles. The summed E-state index contributed by atoms with van der Waals surface area (Å²) in [5.74, 6) is 0.191. The van der Waals surface area contributed by atoms with Crippen molar-refractivity contribution >= 4 is 23.2 Å². The number of ether oxygens (including phenoxy) is 1. The lowest BCUT2D eigenvalue weighted by atomic mass is 9.81. The van der Waals surface area contributed by atoms with Crippen molar-refractivity contribution in [3.63, 3.8) is 0 Å². The van der Waals surface area contributed by atoms with Crippen LogP contribution in [0.1, 0.15) is 46.0 Å². The molecule has 1 saturated carbocycles. The van der Waals surface area contributed by atoms with Crippen molar-refractivity contribution in [3.05, 3.63) is 24.3 Å². The second-order valence-corrected chi connectivity index (χ2v) is 7.39. The maximum atomic E-state index is 12.6. The largest absolute Gasteiger partial charge is 0.385 e. The van der Waals surface area contributed by atoms with Crippen LogP contribution in [0.3, 0.4) is 0 Å². The predicted octanol–water partition coefficient (Wildman–Crippen LogP) is 3.43. The molecule has 0 atom stereocenters. The van der Waals surface area contributed by atoms with Gasteiger partial charge in [0.2, 0.25) is 11.8 Å². The average Bonchev–Trinajstić information content (AvgIpc) is 2.73. The van der Waals surface area contributed by atoms with Gasteiger partial charge in [-0.3, -0.25) is 9.59 Å². The van der Waals surface area contributed by atoms with E-state index in [1.54, 1.807) is 7.11 Å². The van der Waals surface area contributed by atoms with E-state index in [1.165, 1.54) is 5.69 Å². The van der Waals surface area contributed by atoms with Crippen LogP contribution in [0.15, 0.2) is 24.3 Å². The SMILES string of the molecule is CCN(CC)c1ccc(NC(=O)C2CCC(C(=O)NCCCOC)CC2)cc1. The highest BCUT2D eigenvalue weighted by atomic mass is 16.5. The summed E-state index contributed by atoms with van der Waals surface area (Å²) < 4.78 is 4.99. The van der Waals surface area contributed by atoms with Crippen LogP contribution >= 0.6 is 0 Å². The van der Waals surface area contributed by atoms with Crippen LogP contribution < -0.4 is 15.5 Å². The topological polar surface area (TPSA) is 70.7 Å². The summed E-state index contributed by atoms with van der Waals surface area (Å²) in [7, 11) is 1.66.